The lowest BCUT2D eigenvalue weighted by atomic mass is 9.99. The third kappa shape index (κ3) is 5.55. The van der Waals surface area contributed by atoms with Crippen molar-refractivity contribution in [3.63, 3.8) is 0 Å². The van der Waals surface area contributed by atoms with Crippen LogP contribution in [-0.4, -0.2) is 84.3 Å². The van der Waals surface area contributed by atoms with Gasteiger partial charge in [-0.05, 0) is 51.4 Å². The van der Waals surface area contributed by atoms with Crippen molar-refractivity contribution in [3.8, 4) is 22.4 Å². The number of aliphatic hydroxyl groups excluding tert-OH is 1. The molecule has 1 amide bonds. The Morgan fingerprint density at radius 1 is 1.08 bits per heavy atom. The number of nitrogens with zero attached hydrogens (tertiary/aromatic N) is 7. The molecule has 204 valence electrons. The van der Waals surface area contributed by atoms with E-state index >= 15 is 0 Å². The molecule has 1 aliphatic heterocycles. The number of anilines is 1. The van der Waals surface area contributed by atoms with Gasteiger partial charge < -0.3 is 15.7 Å². The molecule has 11 heteroatoms. The van der Waals surface area contributed by atoms with Crippen LogP contribution >= 0.6 is 0 Å². The number of benzene rings is 1. The normalized spacial score (nSPS) is 14.4. The summed E-state index contributed by atoms with van der Waals surface area (Å²) in [5.41, 5.74) is 11.1. The number of carbonyl (C=O) groups excluding carboxylic acids is 1. The molecule has 0 aliphatic carbocycles. The number of likely N-dealkylation sites (N-methyl/N-ethyl adjacent to an activating group) is 1. The van der Waals surface area contributed by atoms with Crippen LogP contribution in [-0.2, 0) is 11.3 Å². The van der Waals surface area contributed by atoms with Crippen LogP contribution < -0.4 is 11.4 Å². The summed E-state index contributed by atoms with van der Waals surface area (Å²) in [5, 5.41) is 14.4. The van der Waals surface area contributed by atoms with E-state index in [2.05, 4.69) is 9.97 Å². The number of hydrogen-bond acceptors (Lipinski definition) is 8. The molecule has 0 radical (unpaired) electrons. The zero-order valence-corrected chi connectivity index (χ0v) is 22.5. The average molecular weight is 531 g/mol. The minimum absolute atomic E-state index is 0.0124. The Bertz CT molecular complexity index is 1530. The molecule has 4 aromatic rings. The molecule has 1 aromatic carbocycles. The molecular weight excluding hydrogens is 496 g/mol. The van der Waals surface area contributed by atoms with Crippen LogP contribution in [0.4, 0.5) is 5.95 Å². The minimum Gasteiger partial charge on any atom is -0.393 e. The number of aliphatic hydroxyl groups is 1. The molecule has 1 aliphatic rings. The summed E-state index contributed by atoms with van der Waals surface area (Å²) in [6, 6.07) is 13.6. The maximum atomic E-state index is 13.4. The summed E-state index contributed by atoms with van der Waals surface area (Å²) in [7, 11) is 1.84. The first-order chi connectivity index (χ1) is 18.7. The number of carbonyl (C=O) groups is 1. The molecular formula is C28H34N8O3. The molecule has 3 aromatic heterocycles. The van der Waals surface area contributed by atoms with Gasteiger partial charge in [0.05, 0.1) is 30.5 Å². The Morgan fingerprint density at radius 2 is 1.74 bits per heavy atom. The van der Waals surface area contributed by atoms with Crippen molar-refractivity contribution in [2.24, 2.45) is 0 Å². The van der Waals surface area contributed by atoms with Crippen LogP contribution in [0.3, 0.4) is 0 Å². The van der Waals surface area contributed by atoms with Gasteiger partial charge in [0.15, 0.2) is 5.65 Å². The molecule has 0 unspecified atom stereocenters. The molecule has 1 saturated heterocycles. The lowest BCUT2D eigenvalue weighted by molar-refractivity contribution is -0.134. The lowest BCUT2D eigenvalue weighted by Crippen LogP contribution is -2.45. The smallest absolute Gasteiger partial charge is 0.353 e. The van der Waals surface area contributed by atoms with Gasteiger partial charge in [-0.2, -0.15) is 0 Å². The number of hydrogen-bond donors (Lipinski definition) is 2. The molecule has 11 nitrogen and oxygen atoms in total. The van der Waals surface area contributed by atoms with Gasteiger partial charge in [0.1, 0.15) is 0 Å². The van der Waals surface area contributed by atoms with E-state index < -0.39 is 0 Å². The number of likely N-dealkylation sites (tertiary alicyclic amines) is 1. The first kappa shape index (κ1) is 26.5. The van der Waals surface area contributed by atoms with Crippen LogP contribution in [0.2, 0.25) is 0 Å². The molecule has 39 heavy (non-hydrogen) atoms. The van der Waals surface area contributed by atoms with Gasteiger partial charge in [0, 0.05) is 36.6 Å². The van der Waals surface area contributed by atoms with E-state index in [4.69, 9.17) is 10.8 Å². The van der Waals surface area contributed by atoms with Crippen LogP contribution in [0.15, 0.2) is 47.3 Å². The van der Waals surface area contributed by atoms with Crippen LogP contribution in [0.1, 0.15) is 24.2 Å². The number of aryl methyl sites for hydroxylation is 2. The maximum Gasteiger partial charge on any atom is 0.353 e. The number of piperidine rings is 1. The van der Waals surface area contributed by atoms with Crippen molar-refractivity contribution in [2.45, 2.75) is 39.3 Å². The van der Waals surface area contributed by atoms with Crippen LogP contribution in [0.25, 0.3) is 28.0 Å². The fourth-order valence-electron chi connectivity index (χ4n) is 5.09. The lowest BCUT2D eigenvalue weighted by Gasteiger charge is -2.31. The Morgan fingerprint density at radius 3 is 2.41 bits per heavy atom. The highest BCUT2D eigenvalue weighted by Gasteiger charge is 2.24. The molecule has 5 rings (SSSR count). The fraction of sp³-hybridized carbons (Fsp3) is 0.393. The molecule has 0 spiro atoms. The van der Waals surface area contributed by atoms with Crippen molar-refractivity contribution in [2.75, 3.05) is 39.0 Å². The van der Waals surface area contributed by atoms with Gasteiger partial charge in [0.25, 0.3) is 0 Å². The largest absolute Gasteiger partial charge is 0.393 e. The summed E-state index contributed by atoms with van der Waals surface area (Å²) in [4.78, 5) is 39.0. The van der Waals surface area contributed by atoms with Crippen LogP contribution in [0.5, 0.6) is 0 Å². The quantitative estimate of drug-likeness (QED) is 0.369. The van der Waals surface area contributed by atoms with E-state index in [-0.39, 0.29) is 36.7 Å². The minimum atomic E-state index is -0.386. The Labute approximate surface area is 226 Å². The first-order valence-corrected chi connectivity index (χ1v) is 13.2. The number of amides is 1. The van der Waals surface area contributed by atoms with Crippen molar-refractivity contribution in [1.82, 2.24) is 33.9 Å². The Balaban J connectivity index is 1.48. The number of fused-ring (bicyclic) bond motifs is 1. The zero-order chi connectivity index (χ0) is 27.7. The van der Waals surface area contributed by atoms with Gasteiger partial charge in [-0.1, -0.05) is 30.3 Å². The summed E-state index contributed by atoms with van der Waals surface area (Å²) >= 11 is 0. The number of nitrogen functional groups attached to an aromatic ring is 1. The van der Waals surface area contributed by atoms with E-state index in [0.717, 1.165) is 22.5 Å². The van der Waals surface area contributed by atoms with Gasteiger partial charge >= 0.3 is 5.69 Å². The summed E-state index contributed by atoms with van der Waals surface area (Å²) in [6.07, 6.45) is 0.874. The highest BCUT2D eigenvalue weighted by molar-refractivity contribution is 5.90. The number of nitrogens with two attached hydrogens (primary N) is 1. The predicted octanol–water partition coefficient (Wildman–Crippen LogP) is 1.73. The Hall–Kier alpha value is -4.09. The second-order valence-corrected chi connectivity index (χ2v) is 10.2. The topological polar surface area (TPSA) is 135 Å². The van der Waals surface area contributed by atoms with Gasteiger partial charge in [-0.25, -0.2) is 18.9 Å². The SMILES string of the molecule is Cc1cc(-c2c(-c3ccccc3)nc(N)n3c(=O)n(CCN(C)CC(=O)N4CCC(O)CC4)nc23)cc(C)n1. The van der Waals surface area contributed by atoms with Gasteiger partial charge in [-0.3, -0.25) is 14.7 Å². The number of aromatic nitrogens is 5. The van der Waals surface area contributed by atoms with Crippen LogP contribution in [0, 0.1) is 13.8 Å². The molecule has 4 heterocycles. The number of pyridine rings is 1. The predicted molar refractivity (Wildman–Crippen MR) is 149 cm³/mol. The highest BCUT2D eigenvalue weighted by Crippen LogP contribution is 2.34. The highest BCUT2D eigenvalue weighted by atomic mass is 16.3. The summed E-state index contributed by atoms with van der Waals surface area (Å²) in [6.45, 7) is 5.91. The molecule has 0 saturated carbocycles. The van der Waals surface area contributed by atoms with Crippen molar-refractivity contribution >= 4 is 17.5 Å². The van der Waals surface area contributed by atoms with Crippen molar-refractivity contribution in [1.29, 1.82) is 0 Å². The van der Waals surface area contributed by atoms with E-state index in [0.29, 0.717) is 49.4 Å². The molecule has 3 N–H and O–H groups in total. The average Bonchev–Trinajstić information content (AvgIpc) is 3.24. The zero-order valence-electron chi connectivity index (χ0n) is 22.5. The van der Waals surface area contributed by atoms with Gasteiger partial charge in [-0.15, -0.1) is 5.10 Å². The summed E-state index contributed by atoms with van der Waals surface area (Å²) < 4.78 is 2.72. The Kier molecular flexibility index (Phi) is 7.45. The molecule has 1 fully saturated rings. The first-order valence-electron chi connectivity index (χ1n) is 13.2. The van der Waals surface area contributed by atoms with Crippen molar-refractivity contribution in [3.05, 3.63) is 64.3 Å². The maximum absolute atomic E-state index is 13.4. The second-order valence-electron chi connectivity index (χ2n) is 10.2. The van der Waals surface area contributed by atoms with E-state index in [1.165, 1.54) is 9.08 Å². The molecule has 0 atom stereocenters. The third-order valence-electron chi connectivity index (χ3n) is 7.09. The van der Waals surface area contributed by atoms with Crippen molar-refractivity contribution < 1.29 is 9.90 Å². The number of rotatable bonds is 7. The standard InChI is InChI=1S/C28H34N8O3/c1-18-15-21(16-19(2)30-18)24-25(20-7-5-4-6-8-20)31-27(29)36-26(24)32-35(28(36)39)14-13-33(3)17-23(38)34-11-9-22(37)10-12-34/h4-8,15-16,22,37H,9-14,17H2,1-3H3,(H2,29,31). The second kappa shape index (κ2) is 11.0. The van der Waals surface area contributed by atoms with E-state index in [1.54, 1.807) is 4.90 Å². The third-order valence-corrected chi connectivity index (χ3v) is 7.09. The van der Waals surface area contributed by atoms with E-state index in [1.807, 2.05) is 68.3 Å². The fourth-order valence-corrected chi connectivity index (χ4v) is 5.09. The summed E-state index contributed by atoms with van der Waals surface area (Å²) in [5.74, 6) is 0.0700. The van der Waals surface area contributed by atoms with Gasteiger partial charge in [0.2, 0.25) is 11.9 Å². The molecule has 0 bridgehead atoms. The monoisotopic (exact) mass is 530 g/mol. The van der Waals surface area contributed by atoms with E-state index in [9.17, 15) is 14.7 Å².